The summed E-state index contributed by atoms with van der Waals surface area (Å²) in [6, 6.07) is 13.4. The van der Waals surface area contributed by atoms with Crippen molar-refractivity contribution in [3.8, 4) is 5.75 Å². The van der Waals surface area contributed by atoms with Crippen molar-refractivity contribution >= 4 is 34.1 Å². The molecule has 1 aromatic heterocycles. The molecule has 0 unspecified atom stereocenters. The number of hydrogen-bond donors (Lipinski definition) is 1. The molecule has 0 aliphatic heterocycles. The van der Waals surface area contributed by atoms with Gasteiger partial charge in [-0.1, -0.05) is 48.0 Å². The molecule has 116 valence electrons. The Bertz CT molecular complexity index is 971. The van der Waals surface area contributed by atoms with E-state index in [2.05, 4.69) is 5.32 Å². The number of hydrogen-bond acceptors (Lipinski definition) is 3. The van der Waals surface area contributed by atoms with Crippen LogP contribution in [-0.4, -0.2) is 15.6 Å². The number of pyridine rings is 1. The Balaban J connectivity index is 0.00000208. The number of rotatable bonds is 2. The summed E-state index contributed by atoms with van der Waals surface area (Å²) < 4.78 is 1.27. The van der Waals surface area contributed by atoms with Crippen LogP contribution < -0.4 is 24.4 Å². The number of aromatic nitrogens is 1. The fourth-order valence-corrected chi connectivity index (χ4v) is 2.66. The van der Waals surface area contributed by atoms with Crippen molar-refractivity contribution in [3.05, 3.63) is 74.8 Å². The summed E-state index contributed by atoms with van der Waals surface area (Å²) in [5.41, 5.74) is -0.173. The largest absolute Gasteiger partial charge is 1.00 e. The molecule has 0 saturated heterocycles. The van der Waals surface area contributed by atoms with Gasteiger partial charge in [0, 0.05) is 7.05 Å². The van der Waals surface area contributed by atoms with Gasteiger partial charge in [-0.2, -0.15) is 0 Å². The molecule has 2 aromatic carbocycles. The molecule has 0 aliphatic carbocycles. The third kappa shape index (κ3) is 3.07. The van der Waals surface area contributed by atoms with Crippen LogP contribution in [0.3, 0.4) is 0 Å². The number of nitrogens with zero attached hydrogens (tertiary/aromatic N) is 2. The number of halogens is 1. The van der Waals surface area contributed by atoms with Gasteiger partial charge in [-0.25, -0.2) is 0 Å². The predicted molar refractivity (Wildman–Crippen MR) is 89.7 cm³/mol. The zero-order chi connectivity index (χ0) is 16.6. The normalized spacial score (nSPS) is 10.2. The first-order valence-electron chi connectivity index (χ1n) is 6.82. The monoisotopic (exact) mass is 334 g/mol. The number of fused-ring (bicyclic) bond motifs is 1. The van der Waals surface area contributed by atoms with Gasteiger partial charge in [0.1, 0.15) is 11.3 Å². The summed E-state index contributed by atoms with van der Waals surface area (Å²) in [7, 11) is 1.51. The number of amides is 1. The number of carbonyl (C=O) groups excluding carboxylic acids is 1. The van der Waals surface area contributed by atoms with Crippen LogP contribution >= 0.6 is 11.6 Å². The SMILES string of the molecule is Cn1c(=O)c(C(=O)[N-]c2ccccc2)c(O)c2c(Cl)cccc21.[Li+]. The second kappa shape index (κ2) is 7.14. The molecule has 0 bridgehead atoms. The van der Waals surface area contributed by atoms with Crippen molar-refractivity contribution in [2.24, 2.45) is 7.05 Å². The van der Waals surface area contributed by atoms with Crippen molar-refractivity contribution in [2.75, 3.05) is 0 Å². The predicted octanol–water partition coefficient (Wildman–Crippen LogP) is 0.747. The van der Waals surface area contributed by atoms with Gasteiger partial charge in [-0.15, -0.1) is 5.69 Å². The molecule has 24 heavy (non-hydrogen) atoms. The average molecular weight is 335 g/mol. The standard InChI is InChI=1S/C17H13ClN2O3.Li/c1-20-12-9-5-8-11(18)13(12)15(21)14(17(20)23)16(22)19-10-6-3-2-4-7-10;/h2-9H,1H3,(H2,19,21,22,23);/q;+1/p-1. The molecular weight excluding hydrogens is 323 g/mol. The number of carbonyl (C=O) groups is 1. The molecule has 0 aliphatic rings. The second-order valence-electron chi connectivity index (χ2n) is 4.97. The molecule has 5 nitrogen and oxygen atoms in total. The molecule has 3 rings (SSSR count). The Kier molecular flexibility index (Phi) is 5.40. The minimum absolute atomic E-state index is 0. The molecule has 0 spiro atoms. The van der Waals surface area contributed by atoms with E-state index in [1.807, 2.05) is 0 Å². The summed E-state index contributed by atoms with van der Waals surface area (Å²) >= 11 is 6.11. The van der Waals surface area contributed by atoms with Crippen LogP contribution in [0.25, 0.3) is 16.2 Å². The van der Waals surface area contributed by atoms with Gasteiger partial charge in [0.25, 0.3) is 5.56 Å². The zero-order valence-electron chi connectivity index (χ0n) is 13.2. The van der Waals surface area contributed by atoms with E-state index < -0.39 is 22.8 Å². The topological polar surface area (TPSA) is 73.4 Å². The first-order chi connectivity index (χ1) is 11.0. The Morgan fingerprint density at radius 2 is 1.79 bits per heavy atom. The van der Waals surface area contributed by atoms with Gasteiger partial charge in [-0.05, 0) is 12.1 Å². The maximum Gasteiger partial charge on any atom is 1.00 e. The fraction of sp³-hybridized carbons (Fsp3) is 0.0588. The first-order valence-corrected chi connectivity index (χ1v) is 7.20. The molecule has 1 N–H and O–H groups in total. The minimum Gasteiger partial charge on any atom is -0.622 e. The fourth-order valence-electron chi connectivity index (χ4n) is 2.40. The molecule has 3 aromatic rings. The first kappa shape index (κ1) is 18.2. The Morgan fingerprint density at radius 3 is 2.46 bits per heavy atom. The summed E-state index contributed by atoms with van der Waals surface area (Å²) in [5, 5.41) is 14.8. The Labute approximate surface area is 155 Å². The molecule has 0 atom stereocenters. The van der Waals surface area contributed by atoms with E-state index >= 15 is 0 Å². The van der Waals surface area contributed by atoms with Crippen LogP contribution in [0.4, 0.5) is 5.69 Å². The van der Waals surface area contributed by atoms with Gasteiger partial charge in [0.15, 0.2) is 0 Å². The maximum absolute atomic E-state index is 12.4. The van der Waals surface area contributed by atoms with Crippen LogP contribution in [0.2, 0.25) is 5.02 Å². The summed E-state index contributed by atoms with van der Waals surface area (Å²) in [4.78, 5) is 24.8. The number of benzene rings is 2. The van der Waals surface area contributed by atoms with Gasteiger partial charge < -0.3 is 19.8 Å². The maximum atomic E-state index is 12.4. The smallest absolute Gasteiger partial charge is 0.622 e. The van der Waals surface area contributed by atoms with Crippen LogP contribution in [0.15, 0.2) is 53.3 Å². The van der Waals surface area contributed by atoms with Crippen molar-refractivity contribution < 1.29 is 28.8 Å². The molecular formula is C17H12ClLiN2O3. The van der Waals surface area contributed by atoms with Crippen LogP contribution in [-0.2, 0) is 7.05 Å². The molecule has 1 amide bonds. The number of aromatic hydroxyl groups is 1. The zero-order valence-corrected chi connectivity index (χ0v) is 13.9. The second-order valence-corrected chi connectivity index (χ2v) is 5.38. The van der Waals surface area contributed by atoms with Gasteiger partial charge in [-0.3, -0.25) is 4.79 Å². The molecule has 0 fully saturated rings. The minimum atomic E-state index is -0.809. The van der Waals surface area contributed by atoms with Crippen LogP contribution in [0.5, 0.6) is 5.75 Å². The summed E-state index contributed by atoms with van der Waals surface area (Å²) in [6.45, 7) is 0. The van der Waals surface area contributed by atoms with Gasteiger partial charge >= 0.3 is 18.9 Å². The van der Waals surface area contributed by atoms with E-state index in [1.165, 1.54) is 11.6 Å². The van der Waals surface area contributed by atoms with Gasteiger partial charge in [0.05, 0.1) is 21.8 Å². The molecule has 0 saturated carbocycles. The van der Waals surface area contributed by atoms with Crippen molar-refractivity contribution in [1.82, 2.24) is 4.57 Å². The third-order valence-electron chi connectivity index (χ3n) is 3.55. The molecule has 0 radical (unpaired) electrons. The molecule has 7 heteroatoms. The van der Waals surface area contributed by atoms with E-state index in [0.29, 0.717) is 11.2 Å². The Hall–Kier alpha value is -2.19. The van der Waals surface area contributed by atoms with E-state index in [-0.39, 0.29) is 29.3 Å². The molecule has 1 heterocycles. The van der Waals surface area contributed by atoms with E-state index in [4.69, 9.17) is 11.6 Å². The summed E-state index contributed by atoms with van der Waals surface area (Å²) in [6.07, 6.45) is 0. The van der Waals surface area contributed by atoms with Crippen molar-refractivity contribution in [1.29, 1.82) is 0 Å². The summed E-state index contributed by atoms with van der Waals surface area (Å²) in [5.74, 6) is -1.26. The van der Waals surface area contributed by atoms with Crippen LogP contribution in [0.1, 0.15) is 10.4 Å². The Morgan fingerprint density at radius 1 is 1.12 bits per heavy atom. The van der Waals surface area contributed by atoms with E-state index in [1.54, 1.807) is 48.5 Å². The van der Waals surface area contributed by atoms with E-state index in [0.717, 1.165) is 0 Å². The number of aryl methyl sites for hydroxylation is 1. The quantitative estimate of drug-likeness (QED) is 0.703. The third-order valence-corrected chi connectivity index (χ3v) is 3.86. The van der Waals surface area contributed by atoms with Crippen LogP contribution in [0, 0.1) is 0 Å². The number of para-hydroxylation sites is 1. The van der Waals surface area contributed by atoms with Crippen molar-refractivity contribution in [3.63, 3.8) is 0 Å². The average Bonchev–Trinajstić information content (AvgIpc) is 2.53. The van der Waals surface area contributed by atoms with Gasteiger partial charge in [0.2, 0.25) is 0 Å². The van der Waals surface area contributed by atoms with Crippen molar-refractivity contribution in [2.45, 2.75) is 0 Å². The van der Waals surface area contributed by atoms with E-state index in [9.17, 15) is 14.7 Å².